The summed E-state index contributed by atoms with van der Waals surface area (Å²) in [5, 5.41) is 3.00. The van der Waals surface area contributed by atoms with Crippen LogP contribution >= 0.6 is 0 Å². The van der Waals surface area contributed by atoms with Crippen LogP contribution in [0.15, 0.2) is 48.8 Å². The Kier molecular flexibility index (Phi) is 5.12. The number of hydrogen-bond donors (Lipinski definition) is 1. The minimum atomic E-state index is -0.248. The quantitative estimate of drug-likeness (QED) is 0.933. The molecule has 0 spiro atoms. The van der Waals surface area contributed by atoms with Crippen LogP contribution in [0.3, 0.4) is 0 Å². The molecule has 5 heteroatoms. The van der Waals surface area contributed by atoms with Gasteiger partial charge in [-0.2, -0.15) is 0 Å². The lowest BCUT2D eigenvalue weighted by Gasteiger charge is -2.38. The van der Waals surface area contributed by atoms with Crippen molar-refractivity contribution in [2.24, 2.45) is 5.92 Å². The Labute approximate surface area is 148 Å². The lowest BCUT2D eigenvalue weighted by atomic mass is 9.83. The molecule has 0 radical (unpaired) electrons. The molecule has 1 N–H and O–H groups in total. The molecule has 3 rings (SSSR count). The van der Waals surface area contributed by atoms with Gasteiger partial charge >= 0.3 is 0 Å². The number of pyridine rings is 1. The van der Waals surface area contributed by atoms with Crippen LogP contribution in [-0.2, 0) is 16.1 Å². The molecule has 2 amide bonds. The van der Waals surface area contributed by atoms with Crippen molar-refractivity contribution in [2.75, 3.05) is 7.05 Å². The van der Waals surface area contributed by atoms with Crippen LogP contribution in [0, 0.1) is 12.8 Å². The number of aromatic nitrogens is 1. The first-order valence-electron chi connectivity index (χ1n) is 8.55. The number of likely N-dealkylation sites (tertiary alicyclic amines) is 1. The molecule has 2 aromatic rings. The first-order chi connectivity index (χ1) is 12.1. The fraction of sp³-hybridized carbons (Fsp3) is 0.350. The Bertz CT molecular complexity index is 743. The van der Waals surface area contributed by atoms with E-state index >= 15 is 0 Å². The largest absolute Gasteiger partial charge is 0.352 e. The molecule has 0 unspecified atom stereocenters. The number of carbonyl (C=O) groups excluding carboxylic acids is 2. The van der Waals surface area contributed by atoms with Crippen molar-refractivity contribution in [2.45, 2.75) is 32.4 Å². The second-order valence-corrected chi connectivity index (χ2v) is 6.58. The summed E-state index contributed by atoms with van der Waals surface area (Å²) in [5.74, 6) is -0.183. The van der Waals surface area contributed by atoms with Crippen molar-refractivity contribution in [1.29, 1.82) is 0 Å². The maximum atomic E-state index is 12.8. The molecule has 1 fully saturated rings. The highest BCUT2D eigenvalue weighted by Gasteiger charge is 2.38. The van der Waals surface area contributed by atoms with Crippen molar-refractivity contribution in [3.05, 3.63) is 65.5 Å². The third kappa shape index (κ3) is 3.87. The second kappa shape index (κ2) is 7.47. The smallest absolute Gasteiger partial charge is 0.225 e. The van der Waals surface area contributed by atoms with Gasteiger partial charge in [0.15, 0.2) is 0 Å². The summed E-state index contributed by atoms with van der Waals surface area (Å²) < 4.78 is 0. The monoisotopic (exact) mass is 337 g/mol. The number of nitrogens with one attached hydrogen (secondary N) is 1. The van der Waals surface area contributed by atoms with Gasteiger partial charge in [0, 0.05) is 32.4 Å². The Balaban J connectivity index is 1.78. The molecule has 1 aliphatic heterocycles. The van der Waals surface area contributed by atoms with Gasteiger partial charge in [0.25, 0.3) is 0 Å². The predicted molar refractivity (Wildman–Crippen MR) is 95.5 cm³/mol. The van der Waals surface area contributed by atoms with E-state index in [1.54, 1.807) is 24.3 Å². The van der Waals surface area contributed by atoms with E-state index in [4.69, 9.17) is 0 Å². The third-order valence-electron chi connectivity index (χ3n) is 4.81. The molecule has 0 aliphatic carbocycles. The fourth-order valence-corrected chi connectivity index (χ4v) is 3.36. The number of nitrogens with zero attached hydrogens (tertiary/aromatic N) is 2. The van der Waals surface area contributed by atoms with Crippen molar-refractivity contribution < 1.29 is 9.59 Å². The minimum absolute atomic E-state index is 0.0196. The normalized spacial score (nSPS) is 20.4. The fourth-order valence-electron chi connectivity index (χ4n) is 3.36. The third-order valence-corrected chi connectivity index (χ3v) is 4.81. The first kappa shape index (κ1) is 17.1. The summed E-state index contributed by atoms with van der Waals surface area (Å²) in [7, 11) is 1.79. The average Bonchev–Trinajstić information content (AvgIpc) is 2.63. The number of amides is 2. The zero-order chi connectivity index (χ0) is 17.8. The molecular weight excluding hydrogens is 314 g/mol. The first-order valence-corrected chi connectivity index (χ1v) is 8.55. The molecule has 1 aromatic carbocycles. The Hall–Kier alpha value is -2.69. The van der Waals surface area contributed by atoms with Gasteiger partial charge in [0.2, 0.25) is 11.8 Å². The Morgan fingerprint density at radius 1 is 1.28 bits per heavy atom. The van der Waals surface area contributed by atoms with Crippen LogP contribution in [0.4, 0.5) is 0 Å². The molecule has 1 aromatic heterocycles. The molecule has 1 saturated heterocycles. The number of piperidine rings is 1. The van der Waals surface area contributed by atoms with Crippen LogP contribution in [0.2, 0.25) is 0 Å². The molecule has 25 heavy (non-hydrogen) atoms. The molecular formula is C20H23N3O2. The summed E-state index contributed by atoms with van der Waals surface area (Å²) in [4.78, 5) is 30.8. The summed E-state index contributed by atoms with van der Waals surface area (Å²) >= 11 is 0. The highest BCUT2D eigenvalue weighted by atomic mass is 16.2. The van der Waals surface area contributed by atoms with E-state index in [1.807, 2.05) is 43.3 Å². The molecule has 130 valence electrons. The predicted octanol–water partition coefficient (Wildman–Crippen LogP) is 2.62. The zero-order valence-corrected chi connectivity index (χ0v) is 14.6. The molecule has 0 bridgehead atoms. The van der Waals surface area contributed by atoms with Gasteiger partial charge in [-0.15, -0.1) is 0 Å². The maximum absolute atomic E-state index is 12.8. The van der Waals surface area contributed by atoms with Gasteiger partial charge in [0.05, 0.1) is 12.0 Å². The van der Waals surface area contributed by atoms with E-state index in [1.165, 1.54) is 0 Å². The van der Waals surface area contributed by atoms with E-state index in [9.17, 15) is 9.59 Å². The summed E-state index contributed by atoms with van der Waals surface area (Å²) in [5.41, 5.74) is 3.12. The van der Waals surface area contributed by atoms with Gasteiger partial charge in [0.1, 0.15) is 0 Å². The molecule has 5 nitrogen and oxygen atoms in total. The van der Waals surface area contributed by atoms with Crippen LogP contribution in [0.25, 0.3) is 0 Å². The molecule has 2 atom stereocenters. The highest BCUT2D eigenvalue weighted by molar-refractivity contribution is 5.84. The second-order valence-electron chi connectivity index (χ2n) is 6.58. The maximum Gasteiger partial charge on any atom is 0.225 e. The lowest BCUT2D eigenvalue weighted by molar-refractivity contribution is -0.141. The van der Waals surface area contributed by atoms with E-state index < -0.39 is 0 Å². The Morgan fingerprint density at radius 3 is 2.72 bits per heavy atom. The van der Waals surface area contributed by atoms with Gasteiger partial charge in [-0.05, 0) is 30.5 Å². The Morgan fingerprint density at radius 2 is 2.04 bits per heavy atom. The highest BCUT2D eigenvalue weighted by Crippen LogP contribution is 2.36. The van der Waals surface area contributed by atoms with Crippen molar-refractivity contribution in [3.63, 3.8) is 0 Å². The van der Waals surface area contributed by atoms with Crippen molar-refractivity contribution >= 4 is 11.8 Å². The van der Waals surface area contributed by atoms with E-state index in [2.05, 4.69) is 10.3 Å². The summed E-state index contributed by atoms with van der Waals surface area (Å²) in [6.07, 6.45) is 4.43. The number of rotatable bonds is 4. The number of benzene rings is 1. The SMILES string of the molecule is Cc1ccc([C@@H]2[C@@H](C(=O)NCc3cccnc3)CCC(=O)N2C)cc1. The van der Waals surface area contributed by atoms with Gasteiger partial charge < -0.3 is 10.2 Å². The number of carbonyl (C=O) groups is 2. The average molecular weight is 337 g/mol. The molecule has 0 saturated carbocycles. The number of aryl methyl sites for hydroxylation is 1. The van der Waals surface area contributed by atoms with Gasteiger partial charge in [-0.1, -0.05) is 35.9 Å². The van der Waals surface area contributed by atoms with E-state index in [-0.39, 0.29) is 23.8 Å². The van der Waals surface area contributed by atoms with E-state index in [0.29, 0.717) is 19.4 Å². The van der Waals surface area contributed by atoms with Crippen molar-refractivity contribution in [3.8, 4) is 0 Å². The topological polar surface area (TPSA) is 62.3 Å². The molecule has 1 aliphatic rings. The number of hydrogen-bond acceptors (Lipinski definition) is 3. The standard InChI is InChI=1S/C20H23N3O2/c1-14-5-7-16(8-6-14)19-17(9-10-18(24)23(19)2)20(25)22-13-15-4-3-11-21-12-15/h3-8,11-12,17,19H,9-10,13H2,1-2H3,(H,22,25)/t17-,19+/m0/s1. The molecule has 2 heterocycles. The van der Waals surface area contributed by atoms with Crippen LogP contribution in [0.5, 0.6) is 0 Å². The van der Waals surface area contributed by atoms with Crippen LogP contribution in [0.1, 0.15) is 35.6 Å². The van der Waals surface area contributed by atoms with Crippen LogP contribution in [-0.4, -0.2) is 28.7 Å². The van der Waals surface area contributed by atoms with Crippen molar-refractivity contribution in [1.82, 2.24) is 15.2 Å². The summed E-state index contributed by atoms with van der Waals surface area (Å²) in [6.45, 7) is 2.47. The minimum Gasteiger partial charge on any atom is -0.352 e. The van der Waals surface area contributed by atoms with Gasteiger partial charge in [-0.25, -0.2) is 0 Å². The van der Waals surface area contributed by atoms with Crippen LogP contribution < -0.4 is 5.32 Å². The van der Waals surface area contributed by atoms with Gasteiger partial charge in [-0.3, -0.25) is 14.6 Å². The lowest BCUT2D eigenvalue weighted by Crippen LogP contribution is -2.46. The van der Waals surface area contributed by atoms with E-state index in [0.717, 1.165) is 16.7 Å². The summed E-state index contributed by atoms with van der Waals surface area (Å²) in [6, 6.07) is 11.6. The zero-order valence-electron chi connectivity index (χ0n) is 14.6.